The first-order valence-electron chi connectivity index (χ1n) is 8.46. The number of carbonyl (C=O) groups excluding carboxylic acids is 1. The number of pyridine rings is 1. The normalized spacial score (nSPS) is 12.3. The van der Waals surface area contributed by atoms with Crippen LogP contribution in [-0.4, -0.2) is 15.9 Å². The van der Waals surface area contributed by atoms with Crippen molar-refractivity contribution in [2.45, 2.75) is 26.2 Å². The predicted molar refractivity (Wildman–Crippen MR) is 102 cm³/mol. The Morgan fingerprint density at radius 2 is 1.96 bits per heavy atom. The van der Waals surface area contributed by atoms with E-state index in [2.05, 4.69) is 11.1 Å². The van der Waals surface area contributed by atoms with Crippen LogP contribution >= 0.6 is 0 Å². The summed E-state index contributed by atoms with van der Waals surface area (Å²) in [6.45, 7) is 3.35. The van der Waals surface area contributed by atoms with Crippen molar-refractivity contribution in [3.8, 4) is 11.6 Å². The molecule has 1 heterocycles. The summed E-state index contributed by atoms with van der Waals surface area (Å²) in [7, 11) is 0. The maximum absolute atomic E-state index is 11.0. The summed E-state index contributed by atoms with van der Waals surface area (Å²) < 4.78 is 5.85. The standard InChI is InChI=1S/C22H20NO3.Ir/c1-15(12-19(25)13-16(2)24)21-8-5-9-22(23-21)26-20-11-10-17-6-3-4-7-18(17)14-20;/h3-10,13-15,25H,12H2,1-2H3;/q-1;/b19-13-;. The third-order valence-electron chi connectivity index (χ3n) is 4.00. The number of rotatable bonds is 6. The van der Waals surface area contributed by atoms with E-state index in [0.717, 1.165) is 16.5 Å². The Balaban J connectivity index is 0.00000261. The summed E-state index contributed by atoms with van der Waals surface area (Å²) in [5.74, 6) is 0.901. The van der Waals surface area contributed by atoms with Crippen LogP contribution in [0.4, 0.5) is 0 Å². The first-order chi connectivity index (χ1) is 12.5. The Hall–Kier alpha value is -2.49. The minimum atomic E-state index is -0.174. The summed E-state index contributed by atoms with van der Waals surface area (Å²) in [6, 6.07) is 20.5. The zero-order valence-electron chi connectivity index (χ0n) is 15.1. The molecule has 1 aromatic heterocycles. The van der Waals surface area contributed by atoms with Gasteiger partial charge < -0.3 is 9.84 Å². The second kappa shape index (κ2) is 9.45. The first kappa shape index (κ1) is 20.8. The predicted octanol–water partition coefficient (Wildman–Crippen LogP) is 5.35. The molecule has 0 amide bonds. The maximum atomic E-state index is 11.0. The summed E-state index contributed by atoms with van der Waals surface area (Å²) in [5, 5.41) is 12.0. The maximum Gasteiger partial charge on any atom is 0.216 e. The molecular weight excluding hydrogens is 518 g/mol. The van der Waals surface area contributed by atoms with E-state index in [-0.39, 0.29) is 37.6 Å². The molecule has 3 rings (SSSR count). The summed E-state index contributed by atoms with van der Waals surface area (Å²) in [4.78, 5) is 15.6. The number of ether oxygens (including phenoxy) is 1. The zero-order valence-corrected chi connectivity index (χ0v) is 17.5. The number of benzene rings is 2. The Kier molecular flexibility index (Phi) is 7.28. The van der Waals surface area contributed by atoms with E-state index in [0.29, 0.717) is 18.1 Å². The Labute approximate surface area is 172 Å². The molecule has 0 aliphatic carbocycles. The number of allylic oxidation sites excluding steroid dienone is 2. The summed E-state index contributed by atoms with van der Waals surface area (Å²) in [6.07, 6.45) is 1.58. The summed E-state index contributed by atoms with van der Waals surface area (Å²) >= 11 is 0. The number of aromatic nitrogens is 1. The zero-order chi connectivity index (χ0) is 18.5. The van der Waals surface area contributed by atoms with Crippen LogP contribution in [0.3, 0.4) is 0 Å². The van der Waals surface area contributed by atoms with Gasteiger partial charge in [0, 0.05) is 56.0 Å². The van der Waals surface area contributed by atoms with Gasteiger partial charge in [0.2, 0.25) is 5.88 Å². The summed E-state index contributed by atoms with van der Waals surface area (Å²) in [5.41, 5.74) is 0.784. The van der Waals surface area contributed by atoms with Crippen LogP contribution in [0.5, 0.6) is 11.6 Å². The number of hydrogen-bond donors (Lipinski definition) is 1. The number of ketones is 1. The fourth-order valence-corrected chi connectivity index (χ4v) is 2.75. The third kappa shape index (κ3) is 5.75. The van der Waals surface area contributed by atoms with Gasteiger partial charge >= 0.3 is 0 Å². The van der Waals surface area contributed by atoms with Crippen LogP contribution in [0.15, 0.2) is 66.4 Å². The van der Waals surface area contributed by atoms with Crippen molar-refractivity contribution in [1.82, 2.24) is 4.98 Å². The molecule has 1 atom stereocenters. The van der Waals surface area contributed by atoms with Gasteiger partial charge in [-0.1, -0.05) is 31.2 Å². The molecule has 3 aromatic rings. The van der Waals surface area contributed by atoms with Gasteiger partial charge in [-0.15, -0.1) is 29.0 Å². The molecule has 1 radical (unpaired) electrons. The Morgan fingerprint density at radius 3 is 2.70 bits per heavy atom. The number of aliphatic hydroxyl groups excluding tert-OH is 1. The molecule has 1 unspecified atom stereocenters. The molecule has 0 bridgehead atoms. The average Bonchev–Trinajstić information content (AvgIpc) is 2.61. The molecular formula is C22H20IrNO3-. The number of nitrogens with zero attached hydrogens (tertiary/aromatic N) is 1. The van der Waals surface area contributed by atoms with E-state index >= 15 is 0 Å². The molecule has 27 heavy (non-hydrogen) atoms. The molecule has 0 spiro atoms. The van der Waals surface area contributed by atoms with Crippen LogP contribution in [0, 0.1) is 6.07 Å². The van der Waals surface area contributed by atoms with E-state index in [4.69, 9.17) is 4.74 Å². The molecule has 141 valence electrons. The molecule has 0 fully saturated rings. The number of fused-ring (bicyclic) bond motifs is 1. The van der Waals surface area contributed by atoms with E-state index in [1.54, 1.807) is 6.07 Å². The van der Waals surface area contributed by atoms with Crippen LogP contribution in [-0.2, 0) is 24.9 Å². The number of aliphatic hydroxyl groups is 1. The van der Waals surface area contributed by atoms with Crippen molar-refractivity contribution in [1.29, 1.82) is 0 Å². The van der Waals surface area contributed by atoms with Crippen molar-refractivity contribution >= 4 is 16.6 Å². The van der Waals surface area contributed by atoms with Gasteiger partial charge in [-0.2, -0.15) is 6.07 Å². The van der Waals surface area contributed by atoms with Gasteiger partial charge in [-0.25, -0.2) is 4.98 Å². The monoisotopic (exact) mass is 539 g/mol. The van der Waals surface area contributed by atoms with Gasteiger partial charge in [0.25, 0.3) is 0 Å². The second-order valence-electron chi connectivity index (χ2n) is 6.28. The fraction of sp³-hybridized carbons (Fsp3) is 0.182. The Bertz CT molecular complexity index is 968. The number of carbonyl (C=O) groups is 1. The van der Waals surface area contributed by atoms with E-state index in [1.807, 2.05) is 55.5 Å². The van der Waals surface area contributed by atoms with Crippen molar-refractivity contribution < 1.29 is 34.7 Å². The van der Waals surface area contributed by atoms with E-state index < -0.39 is 0 Å². The minimum Gasteiger partial charge on any atom is -0.512 e. The van der Waals surface area contributed by atoms with Crippen LogP contribution < -0.4 is 4.74 Å². The van der Waals surface area contributed by atoms with E-state index in [9.17, 15) is 9.90 Å². The molecule has 0 saturated heterocycles. The molecule has 0 aliphatic heterocycles. The van der Waals surface area contributed by atoms with Crippen molar-refractivity contribution in [2.75, 3.05) is 0 Å². The largest absolute Gasteiger partial charge is 0.512 e. The van der Waals surface area contributed by atoms with Gasteiger partial charge in [-0.05, 0) is 13.0 Å². The van der Waals surface area contributed by atoms with Crippen molar-refractivity contribution in [3.05, 3.63) is 78.2 Å². The van der Waals surface area contributed by atoms with Gasteiger partial charge in [0.15, 0.2) is 5.78 Å². The molecule has 0 aliphatic rings. The molecule has 1 N–H and O–H groups in total. The van der Waals surface area contributed by atoms with Gasteiger partial charge in [0.05, 0.1) is 5.76 Å². The molecule has 0 saturated carbocycles. The fourth-order valence-electron chi connectivity index (χ4n) is 2.75. The molecule has 5 heteroatoms. The Morgan fingerprint density at radius 1 is 1.22 bits per heavy atom. The smallest absolute Gasteiger partial charge is 0.216 e. The molecule has 4 nitrogen and oxygen atoms in total. The topological polar surface area (TPSA) is 59.4 Å². The van der Waals surface area contributed by atoms with Gasteiger partial charge in [-0.3, -0.25) is 4.79 Å². The molecule has 2 aromatic carbocycles. The van der Waals surface area contributed by atoms with Crippen molar-refractivity contribution in [2.24, 2.45) is 0 Å². The van der Waals surface area contributed by atoms with Crippen LogP contribution in [0.2, 0.25) is 0 Å². The second-order valence-corrected chi connectivity index (χ2v) is 6.28. The first-order valence-corrected chi connectivity index (χ1v) is 8.46. The SMILES string of the molecule is CC(=O)/C=C(\O)CC(C)c1cccc(Oc2[c-]cc3ccccc3c2)n1.[Ir]. The minimum absolute atomic E-state index is 0. The van der Waals surface area contributed by atoms with Crippen molar-refractivity contribution in [3.63, 3.8) is 0 Å². The van der Waals surface area contributed by atoms with E-state index in [1.165, 1.54) is 13.0 Å². The van der Waals surface area contributed by atoms with Gasteiger partial charge in [0.1, 0.15) is 0 Å². The van der Waals surface area contributed by atoms with Crippen LogP contribution in [0.1, 0.15) is 31.9 Å². The number of hydrogen-bond acceptors (Lipinski definition) is 4. The average molecular weight is 539 g/mol. The van der Waals surface area contributed by atoms with Crippen LogP contribution in [0.25, 0.3) is 10.8 Å². The quantitative estimate of drug-likeness (QED) is 0.261. The third-order valence-corrected chi connectivity index (χ3v) is 4.00.